The van der Waals surface area contributed by atoms with E-state index in [1.807, 2.05) is 0 Å². The molecule has 0 aliphatic carbocycles. The van der Waals surface area contributed by atoms with Crippen LogP contribution in [0.5, 0.6) is 0 Å². The standard InChI is InChI=1S/BGeHO2/c3-1-2-4/h2H. The molecule has 0 aliphatic rings. The van der Waals surface area contributed by atoms with Gasteiger partial charge in [-0.15, -0.1) is 0 Å². The van der Waals surface area contributed by atoms with Crippen LogP contribution in [-0.4, -0.2) is 21.1 Å². The normalized spacial score (nSPS) is 4.00. The van der Waals surface area contributed by atoms with Gasteiger partial charge >= 0.3 is 29.6 Å². The Labute approximate surface area is 30.4 Å². The Kier molecular flexibility index (Phi) is 3.37. The van der Waals surface area contributed by atoms with Gasteiger partial charge in [-0.05, 0) is 0 Å². The molecule has 0 aromatic heterocycles. The van der Waals surface area contributed by atoms with Gasteiger partial charge in [0.1, 0.15) is 0 Å². The van der Waals surface area contributed by atoms with E-state index < -0.39 is 15.2 Å². The molecule has 0 rings (SSSR count). The maximum atomic E-state index is 9.09. The molecule has 2 nitrogen and oxygen atoms in total. The van der Waals surface area contributed by atoms with Gasteiger partial charge in [-0.25, -0.2) is 0 Å². The minimum absolute atomic E-state index is 0.476. The zero-order valence-electron chi connectivity index (χ0n) is 1.97. The van der Waals surface area contributed by atoms with Crippen molar-refractivity contribution in [3.63, 3.8) is 0 Å². The summed E-state index contributed by atoms with van der Waals surface area (Å²) in [5, 5.41) is 0. The second-order valence-electron chi connectivity index (χ2n) is 0.272. The Balaban J connectivity index is 2.73. The van der Waals surface area contributed by atoms with Crippen LogP contribution in [0.25, 0.3) is 0 Å². The molecule has 0 radical (unpaired) electrons. The quantitative estimate of drug-likeness (QED) is 0.401. The van der Waals surface area contributed by atoms with Crippen LogP contribution in [0.15, 0.2) is 0 Å². The van der Waals surface area contributed by atoms with E-state index in [-0.39, 0.29) is 0 Å². The van der Waals surface area contributed by atoms with Crippen LogP contribution < -0.4 is 0 Å². The molecule has 0 bridgehead atoms. The summed E-state index contributed by atoms with van der Waals surface area (Å²) in [4.78, 5) is 0. The average molecular weight is 116 g/mol. The van der Waals surface area contributed by atoms with Crippen LogP contribution in [0.4, 0.5) is 0 Å². The van der Waals surface area contributed by atoms with Crippen LogP contribution in [0.1, 0.15) is 0 Å². The van der Waals surface area contributed by atoms with Crippen LogP contribution >= 0.6 is 0 Å². The summed E-state index contributed by atoms with van der Waals surface area (Å²) in [6.45, 7) is 0. The van der Waals surface area contributed by atoms with Gasteiger partial charge in [-0.3, -0.25) is 0 Å². The monoisotopic (exact) mass is 118 g/mol. The fraction of sp³-hybridized carbons (Fsp3) is 0. The molecular weight excluding hydrogens is 115 g/mol. The van der Waals surface area contributed by atoms with E-state index in [9.17, 15) is 0 Å². The predicted molar refractivity (Wildman–Crippen MR) is 14.3 cm³/mol. The molecule has 0 atom stereocenters. The molecule has 0 fully saturated rings. The molecule has 0 aromatic carbocycles. The van der Waals surface area contributed by atoms with E-state index in [0.717, 1.165) is 0 Å². The topological polar surface area (TPSA) is 34.1 Å². The second-order valence-corrected chi connectivity index (χ2v) is 1.41. The van der Waals surface area contributed by atoms with Gasteiger partial charge in [0.05, 0.1) is 0 Å². The van der Waals surface area contributed by atoms with Crippen LogP contribution in [-0.2, 0) is 8.48 Å². The summed E-state index contributed by atoms with van der Waals surface area (Å²) in [6, 6.07) is 0. The van der Waals surface area contributed by atoms with Crippen LogP contribution in [0.2, 0.25) is 0 Å². The zero-order valence-corrected chi connectivity index (χ0v) is 4.39. The SMILES string of the molecule is O=[B][GeH]=[O]. The Morgan fingerprint density at radius 3 is 2.00 bits per heavy atom. The maximum absolute atomic E-state index is 9.09. The fourth-order valence-electron chi connectivity index (χ4n) is 0. The third kappa shape index (κ3) is 2.21. The van der Waals surface area contributed by atoms with Gasteiger partial charge in [-0.1, -0.05) is 0 Å². The van der Waals surface area contributed by atoms with E-state index in [2.05, 4.69) is 0 Å². The van der Waals surface area contributed by atoms with E-state index >= 15 is 0 Å². The summed E-state index contributed by atoms with van der Waals surface area (Å²) < 4.78 is 18.0. The number of rotatable bonds is 1. The Hall–Kier alpha value is 0.208. The van der Waals surface area contributed by atoms with Crippen molar-refractivity contribution in [2.45, 2.75) is 0 Å². The van der Waals surface area contributed by atoms with Gasteiger partial charge in [-0.2, -0.15) is 0 Å². The van der Waals surface area contributed by atoms with Crippen molar-refractivity contribution in [2.24, 2.45) is 0 Å². The molecule has 0 amide bonds. The van der Waals surface area contributed by atoms with E-state index in [1.165, 1.54) is 0 Å². The molecule has 20 valence electrons. The van der Waals surface area contributed by atoms with Crippen molar-refractivity contribution < 1.29 is 8.48 Å². The van der Waals surface area contributed by atoms with E-state index in [1.54, 1.807) is 0 Å². The minimum atomic E-state index is -1.62. The first-order valence-corrected chi connectivity index (χ1v) is 3.19. The van der Waals surface area contributed by atoms with Gasteiger partial charge in [0.15, 0.2) is 0 Å². The van der Waals surface area contributed by atoms with Crippen molar-refractivity contribution in [1.29, 1.82) is 0 Å². The van der Waals surface area contributed by atoms with Crippen molar-refractivity contribution in [1.82, 2.24) is 0 Å². The van der Waals surface area contributed by atoms with Crippen molar-refractivity contribution in [3.05, 3.63) is 0 Å². The Bertz CT molecular complexity index is 27.0. The Morgan fingerprint density at radius 1 is 1.75 bits per heavy atom. The Morgan fingerprint density at radius 2 is 2.00 bits per heavy atom. The average Bonchev–Trinajstić information content (AvgIpc) is 1.37. The molecular formula is HBGeO2. The molecule has 0 saturated carbocycles. The first kappa shape index (κ1) is 4.21. The molecule has 0 aromatic rings. The predicted octanol–water partition coefficient (Wildman–Crippen LogP) is -1.27. The third-order valence-corrected chi connectivity index (χ3v) is 0.289. The fourth-order valence-corrected chi connectivity index (χ4v) is 0. The first-order chi connectivity index (χ1) is 1.91. The summed E-state index contributed by atoms with van der Waals surface area (Å²) in [6.07, 6.45) is 0. The second kappa shape index (κ2) is 3.21. The van der Waals surface area contributed by atoms with Gasteiger partial charge < -0.3 is 0 Å². The van der Waals surface area contributed by atoms with E-state index in [4.69, 9.17) is 8.48 Å². The van der Waals surface area contributed by atoms with Gasteiger partial charge in [0.2, 0.25) is 0 Å². The zero-order chi connectivity index (χ0) is 3.41. The molecule has 0 saturated heterocycles. The molecule has 0 aliphatic heterocycles. The molecule has 0 spiro atoms. The van der Waals surface area contributed by atoms with Crippen molar-refractivity contribution in [2.75, 3.05) is 0 Å². The number of hydrogen-bond acceptors (Lipinski definition) is 2. The van der Waals surface area contributed by atoms with Crippen molar-refractivity contribution >= 4 is 21.1 Å². The van der Waals surface area contributed by atoms with Gasteiger partial charge in [0, 0.05) is 0 Å². The molecule has 0 heterocycles. The molecule has 0 N–H and O–H groups in total. The molecule has 4 heteroatoms. The summed E-state index contributed by atoms with van der Waals surface area (Å²) in [5.74, 6) is 0.476. The molecule has 0 unspecified atom stereocenters. The van der Waals surface area contributed by atoms with E-state index in [0.29, 0.717) is 5.89 Å². The summed E-state index contributed by atoms with van der Waals surface area (Å²) in [7, 11) is 0. The first-order valence-electron chi connectivity index (χ1n) is 0.805. The summed E-state index contributed by atoms with van der Waals surface area (Å²) in [5.41, 5.74) is 0. The third-order valence-electron chi connectivity index (χ3n) is 0.0556. The van der Waals surface area contributed by atoms with Gasteiger partial charge in [0.25, 0.3) is 0 Å². The van der Waals surface area contributed by atoms with Crippen LogP contribution in [0.3, 0.4) is 0 Å². The number of hydrogen-bond donors (Lipinski definition) is 0. The van der Waals surface area contributed by atoms with Crippen molar-refractivity contribution in [3.8, 4) is 0 Å². The summed E-state index contributed by atoms with van der Waals surface area (Å²) >= 11 is -1.62. The van der Waals surface area contributed by atoms with Crippen LogP contribution in [0, 0.1) is 0 Å². The molecule has 4 heavy (non-hydrogen) atoms.